The molecule has 0 atom stereocenters. The maximum atomic E-state index is 13.2. The predicted molar refractivity (Wildman–Crippen MR) is 87.9 cm³/mol. The molecule has 0 radical (unpaired) electrons. The molecule has 4 rings (SSSR count). The number of halogens is 3. The average Bonchev–Trinajstić information content (AvgIpc) is 3.01. The second kappa shape index (κ2) is 5.09. The van der Waals surface area contributed by atoms with Crippen LogP contribution in [-0.2, 0) is 6.18 Å². The van der Waals surface area contributed by atoms with E-state index in [0.29, 0.717) is 11.2 Å². The lowest BCUT2D eigenvalue weighted by molar-refractivity contribution is -0.141. The standard InChI is InChI=1S/C19H13F3N2/c1-12-14-9-5-6-10-15(14)16-11-17(19(20,21)22)23-24(16)18(12)13-7-3-2-4-8-13/h2-11H,1H3. The molecule has 0 saturated heterocycles. The van der Waals surface area contributed by atoms with Crippen LogP contribution in [0.25, 0.3) is 27.5 Å². The van der Waals surface area contributed by atoms with Crippen LogP contribution in [-0.4, -0.2) is 9.61 Å². The van der Waals surface area contributed by atoms with Crippen molar-refractivity contribution in [2.24, 2.45) is 0 Å². The number of fused-ring (bicyclic) bond motifs is 3. The van der Waals surface area contributed by atoms with Crippen molar-refractivity contribution in [3.8, 4) is 11.3 Å². The highest BCUT2D eigenvalue weighted by molar-refractivity contribution is 6.01. The van der Waals surface area contributed by atoms with Gasteiger partial charge in [0.05, 0.1) is 11.2 Å². The fourth-order valence-corrected chi connectivity index (χ4v) is 3.14. The molecule has 0 spiro atoms. The third-order valence-corrected chi connectivity index (χ3v) is 4.22. The molecule has 5 heteroatoms. The van der Waals surface area contributed by atoms with E-state index in [1.165, 1.54) is 4.52 Å². The smallest absolute Gasteiger partial charge is 0.232 e. The summed E-state index contributed by atoms with van der Waals surface area (Å²) in [4.78, 5) is 0. The molecular formula is C19H13F3N2. The number of pyridine rings is 1. The Morgan fingerprint density at radius 3 is 2.17 bits per heavy atom. The van der Waals surface area contributed by atoms with Gasteiger partial charge in [0.2, 0.25) is 0 Å². The molecule has 0 N–H and O–H groups in total. The summed E-state index contributed by atoms with van der Waals surface area (Å²) in [5, 5.41) is 5.55. The van der Waals surface area contributed by atoms with Gasteiger partial charge in [-0.25, -0.2) is 4.52 Å². The summed E-state index contributed by atoms with van der Waals surface area (Å²) < 4.78 is 41.0. The van der Waals surface area contributed by atoms with Crippen LogP contribution in [0, 0.1) is 6.92 Å². The van der Waals surface area contributed by atoms with E-state index in [4.69, 9.17) is 0 Å². The van der Waals surface area contributed by atoms with Gasteiger partial charge in [-0.1, -0.05) is 54.6 Å². The Morgan fingerprint density at radius 2 is 1.50 bits per heavy atom. The van der Waals surface area contributed by atoms with E-state index in [1.54, 1.807) is 0 Å². The Bertz CT molecular complexity index is 1050. The third-order valence-electron chi connectivity index (χ3n) is 4.22. The number of aromatic nitrogens is 2. The van der Waals surface area contributed by atoms with Crippen molar-refractivity contribution in [1.82, 2.24) is 9.61 Å². The largest absolute Gasteiger partial charge is 0.435 e. The Morgan fingerprint density at radius 1 is 0.875 bits per heavy atom. The summed E-state index contributed by atoms with van der Waals surface area (Å²) in [5.74, 6) is 0. The van der Waals surface area contributed by atoms with Crippen LogP contribution >= 0.6 is 0 Å². The van der Waals surface area contributed by atoms with E-state index < -0.39 is 11.9 Å². The van der Waals surface area contributed by atoms with Crippen molar-refractivity contribution in [2.75, 3.05) is 0 Å². The van der Waals surface area contributed by atoms with Crippen molar-refractivity contribution in [3.05, 3.63) is 71.9 Å². The average molecular weight is 326 g/mol. The molecule has 0 amide bonds. The maximum absolute atomic E-state index is 13.2. The molecule has 0 aliphatic carbocycles. The zero-order valence-electron chi connectivity index (χ0n) is 12.8. The fourth-order valence-electron chi connectivity index (χ4n) is 3.14. The summed E-state index contributed by atoms with van der Waals surface area (Å²) >= 11 is 0. The van der Waals surface area contributed by atoms with Crippen LogP contribution in [0.5, 0.6) is 0 Å². The minimum absolute atomic E-state index is 0.461. The number of hydrogen-bond acceptors (Lipinski definition) is 1. The highest BCUT2D eigenvalue weighted by atomic mass is 19.4. The SMILES string of the molecule is Cc1c(-c2ccccc2)n2nc(C(F)(F)F)cc2c2ccccc12. The number of nitrogens with zero attached hydrogens (tertiary/aromatic N) is 2. The summed E-state index contributed by atoms with van der Waals surface area (Å²) in [7, 11) is 0. The number of alkyl halides is 3. The van der Waals surface area contributed by atoms with Gasteiger partial charge in [0.15, 0.2) is 5.69 Å². The van der Waals surface area contributed by atoms with E-state index in [0.717, 1.165) is 28.0 Å². The molecule has 0 aliphatic heterocycles. The Hall–Kier alpha value is -2.82. The first kappa shape index (κ1) is 14.8. The molecule has 2 nitrogen and oxygen atoms in total. The van der Waals surface area contributed by atoms with Crippen LogP contribution in [0.3, 0.4) is 0 Å². The van der Waals surface area contributed by atoms with E-state index in [-0.39, 0.29) is 0 Å². The lowest BCUT2D eigenvalue weighted by atomic mass is 10.00. The zero-order chi connectivity index (χ0) is 16.9. The zero-order valence-corrected chi connectivity index (χ0v) is 12.8. The van der Waals surface area contributed by atoms with Gasteiger partial charge in [0.25, 0.3) is 0 Å². The molecule has 0 fully saturated rings. The van der Waals surface area contributed by atoms with Crippen molar-refractivity contribution in [1.29, 1.82) is 0 Å². The lowest BCUT2D eigenvalue weighted by Gasteiger charge is -2.13. The van der Waals surface area contributed by atoms with Crippen LogP contribution in [0.15, 0.2) is 60.7 Å². The maximum Gasteiger partial charge on any atom is 0.435 e. The summed E-state index contributed by atoms with van der Waals surface area (Å²) in [5.41, 5.74) is 2.00. The molecule has 120 valence electrons. The van der Waals surface area contributed by atoms with Crippen molar-refractivity contribution >= 4 is 16.3 Å². The highest BCUT2D eigenvalue weighted by Gasteiger charge is 2.34. The molecular weight excluding hydrogens is 313 g/mol. The van der Waals surface area contributed by atoms with E-state index in [2.05, 4.69) is 5.10 Å². The molecule has 2 heterocycles. The van der Waals surface area contributed by atoms with Crippen LogP contribution in [0.1, 0.15) is 11.3 Å². The van der Waals surface area contributed by atoms with Gasteiger partial charge in [-0.3, -0.25) is 0 Å². The number of rotatable bonds is 1. The summed E-state index contributed by atoms with van der Waals surface area (Å²) in [6, 6.07) is 18.0. The van der Waals surface area contributed by atoms with Crippen LogP contribution in [0.2, 0.25) is 0 Å². The normalized spacial score (nSPS) is 12.2. The van der Waals surface area contributed by atoms with Gasteiger partial charge in [-0.2, -0.15) is 18.3 Å². The van der Waals surface area contributed by atoms with Crippen molar-refractivity contribution in [2.45, 2.75) is 13.1 Å². The number of hydrogen-bond donors (Lipinski definition) is 0. The molecule has 0 saturated carbocycles. The molecule has 24 heavy (non-hydrogen) atoms. The second-order valence-corrected chi connectivity index (χ2v) is 5.71. The molecule has 2 aromatic heterocycles. The van der Waals surface area contributed by atoms with E-state index in [9.17, 15) is 13.2 Å². The van der Waals surface area contributed by atoms with Gasteiger partial charge in [-0.15, -0.1) is 0 Å². The summed E-state index contributed by atoms with van der Waals surface area (Å²) in [6.07, 6.45) is -4.48. The quantitative estimate of drug-likeness (QED) is 0.452. The first-order valence-corrected chi connectivity index (χ1v) is 7.50. The highest BCUT2D eigenvalue weighted by Crippen LogP contribution is 2.36. The minimum atomic E-state index is -4.48. The molecule has 0 aliphatic rings. The van der Waals surface area contributed by atoms with Crippen LogP contribution in [0.4, 0.5) is 13.2 Å². The van der Waals surface area contributed by atoms with Gasteiger partial charge < -0.3 is 0 Å². The van der Waals surface area contributed by atoms with Gasteiger partial charge >= 0.3 is 6.18 Å². The second-order valence-electron chi connectivity index (χ2n) is 5.71. The van der Waals surface area contributed by atoms with Crippen LogP contribution < -0.4 is 0 Å². The van der Waals surface area contributed by atoms with Gasteiger partial charge in [0.1, 0.15) is 0 Å². The number of benzene rings is 2. The Kier molecular flexibility index (Phi) is 3.13. The summed E-state index contributed by atoms with van der Waals surface area (Å²) in [6.45, 7) is 1.92. The molecule has 2 aromatic carbocycles. The minimum Gasteiger partial charge on any atom is -0.232 e. The molecule has 4 aromatic rings. The van der Waals surface area contributed by atoms with E-state index >= 15 is 0 Å². The first-order chi connectivity index (χ1) is 11.5. The monoisotopic (exact) mass is 326 g/mol. The van der Waals surface area contributed by atoms with Crippen molar-refractivity contribution < 1.29 is 13.2 Å². The first-order valence-electron chi connectivity index (χ1n) is 7.50. The Balaban J connectivity index is 2.20. The fraction of sp³-hybridized carbons (Fsp3) is 0.105. The lowest BCUT2D eigenvalue weighted by Crippen LogP contribution is -2.06. The third kappa shape index (κ3) is 2.16. The van der Waals surface area contributed by atoms with Gasteiger partial charge in [-0.05, 0) is 23.9 Å². The topological polar surface area (TPSA) is 17.3 Å². The molecule has 0 unspecified atom stereocenters. The van der Waals surface area contributed by atoms with Gasteiger partial charge in [0, 0.05) is 10.9 Å². The number of aryl methyl sites for hydroxylation is 1. The Labute approximate surface area is 136 Å². The molecule has 0 bridgehead atoms. The van der Waals surface area contributed by atoms with Crippen molar-refractivity contribution in [3.63, 3.8) is 0 Å². The predicted octanol–water partition coefficient (Wildman–Crippen LogP) is 5.48. The van der Waals surface area contributed by atoms with E-state index in [1.807, 2.05) is 61.5 Å².